The van der Waals surface area contributed by atoms with Crippen LogP contribution in [0, 0.1) is 5.82 Å². The summed E-state index contributed by atoms with van der Waals surface area (Å²) in [5.74, 6) is -0.585. The predicted molar refractivity (Wildman–Crippen MR) is 64.4 cm³/mol. The average molecular weight is 260 g/mol. The second kappa shape index (κ2) is 6.09. The molecule has 4 nitrogen and oxygen atoms in total. The fourth-order valence-electron chi connectivity index (χ4n) is 1.41. The van der Waals surface area contributed by atoms with Gasteiger partial charge in [0.05, 0.1) is 4.90 Å². The summed E-state index contributed by atoms with van der Waals surface area (Å²) in [6.45, 7) is 2.37. The Kier molecular flexibility index (Phi) is 5.04. The quantitative estimate of drug-likeness (QED) is 0.759. The Labute approximate surface area is 101 Å². The van der Waals surface area contributed by atoms with Crippen LogP contribution in [0.5, 0.6) is 0 Å². The molecule has 17 heavy (non-hydrogen) atoms. The maximum absolute atomic E-state index is 13.1. The zero-order valence-corrected chi connectivity index (χ0v) is 10.6. The van der Waals surface area contributed by atoms with Crippen LogP contribution in [0.4, 0.5) is 4.39 Å². The van der Waals surface area contributed by atoms with Crippen LogP contribution in [0.3, 0.4) is 0 Å². The Morgan fingerprint density at radius 2 is 2.12 bits per heavy atom. The van der Waals surface area contributed by atoms with E-state index in [2.05, 4.69) is 4.72 Å². The first kappa shape index (κ1) is 14.1. The highest BCUT2D eigenvalue weighted by molar-refractivity contribution is 7.89. The normalized spacial score (nSPS) is 11.7. The fraction of sp³-hybridized carbons (Fsp3) is 0.455. The van der Waals surface area contributed by atoms with Crippen molar-refractivity contribution in [1.82, 2.24) is 4.72 Å². The van der Waals surface area contributed by atoms with Crippen LogP contribution in [0.1, 0.15) is 25.3 Å². The third kappa shape index (κ3) is 3.76. The van der Waals surface area contributed by atoms with E-state index in [4.69, 9.17) is 5.73 Å². The first-order chi connectivity index (χ1) is 8.01. The molecule has 0 saturated heterocycles. The molecule has 0 aliphatic rings. The highest BCUT2D eigenvalue weighted by Gasteiger charge is 2.17. The number of nitrogens with two attached hydrogens (primary N) is 1. The van der Waals surface area contributed by atoms with Gasteiger partial charge in [-0.1, -0.05) is 19.4 Å². The molecule has 96 valence electrons. The van der Waals surface area contributed by atoms with Crippen LogP contribution in [-0.2, 0) is 16.6 Å². The number of nitrogens with one attached hydrogen (secondary N) is 1. The fourth-order valence-corrected chi connectivity index (χ4v) is 2.74. The SMILES string of the molecule is CCCCNS(=O)(=O)c1cc(F)ccc1CN. The van der Waals surface area contributed by atoms with Gasteiger partial charge in [0.25, 0.3) is 0 Å². The molecular weight excluding hydrogens is 243 g/mol. The topological polar surface area (TPSA) is 72.2 Å². The average Bonchev–Trinajstić information content (AvgIpc) is 2.29. The van der Waals surface area contributed by atoms with Gasteiger partial charge in [0.1, 0.15) is 5.82 Å². The van der Waals surface area contributed by atoms with Gasteiger partial charge in [0.15, 0.2) is 0 Å². The summed E-state index contributed by atoms with van der Waals surface area (Å²) in [5.41, 5.74) is 5.85. The third-order valence-corrected chi connectivity index (χ3v) is 3.90. The van der Waals surface area contributed by atoms with Crippen molar-refractivity contribution in [3.8, 4) is 0 Å². The van der Waals surface area contributed by atoms with E-state index in [1.54, 1.807) is 0 Å². The van der Waals surface area contributed by atoms with Gasteiger partial charge in [-0.3, -0.25) is 0 Å². The summed E-state index contributed by atoms with van der Waals surface area (Å²) < 4.78 is 39.3. The molecule has 1 rings (SSSR count). The van der Waals surface area contributed by atoms with Crippen molar-refractivity contribution < 1.29 is 12.8 Å². The Morgan fingerprint density at radius 3 is 2.71 bits per heavy atom. The maximum Gasteiger partial charge on any atom is 0.240 e. The molecule has 0 radical (unpaired) electrons. The monoisotopic (exact) mass is 260 g/mol. The second-order valence-electron chi connectivity index (χ2n) is 3.71. The lowest BCUT2D eigenvalue weighted by atomic mass is 10.2. The van der Waals surface area contributed by atoms with Crippen molar-refractivity contribution in [3.05, 3.63) is 29.6 Å². The minimum Gasteiger partial charge on any atom is -0.326 e. The number of unbranched alkanes of at least 4 members (excludes halogenated alkanes) is 1. The number of hydrogen-bond acceptors (Lipinski definition) is 3. The molecule has 0 heterocycles. The molecule has 0 amide bonds. The van der Waals surface area contributed by atoms with Crippen LogP contribution in [-0.4, -0.2) is 15.0 Å². The van der Waals surface area contributed by atoms with E-state index < -0.39 is 15.8 Å². The predicted octanol–water partition coefficient (Wildman–Crippen LogP) is 1.36. The first-order valence-corrected chi connectivity index (χ1v) is 6.97. The van der Waals surface area contributed by atoms with Crippen molar-refractivity contribution in [1.29, 1.82) is 0 Å². The summed E-state index contributed by atoms with van der Waals surface area (Å²) in [6.07, 6.45) is 1.63. The zero-order valence-electron chi connectivity index (χ0n) is 9.74. The van der Waals surface area contributed by atoms with Gasteiger partial charge in [-0.15, -0.1) is 0 Å². The molecular formula is C11H17FN2O2S. The molecule has 0 aromatic heterocycles. The molecule has 0 unspecified atom stereocenters. The van der Waals surface area contributed by atoms with Gasteiger partial charge in [0, 0.05) is 13.1 Å². The van der Waals surface area contributed by atoms with Crippen LogP contribution in [0.25, 0.3) is 0 Å². The molecule has 0 fully saturated rings. The first-order valence-electron chi connectivity index (χ1n) is 5.49. The lowest BCUT2D eigenvalue weighted by molar-refractivity contribution is 0.573. The van der Waals surface area contributed by atoms with Crippen molar-refractivity contribution in [2.24, 2.45) is 5.73 Å². The van der Waals surface area contributed by atoms with Gasteiger partial charge >= 0.3 is 0 Å². The van der Waals surface area contributed by atoms with Crippen LogP contribution in [0.2, 0.25) is 0 Å². The number of rotatable bonds is 6. The summed E-state index contributed by atoms with van der Waals surface area (Å²) in [5, 5.41) is 0. The molecule has 0 bridgehead atoms. The van der Waals surface area contributed by atoms with E-state index >= 15 is 0 Å². The molecule has 1 aromatic carbocycles. The van der Waals surface area contributed by atoms with Gasteiger partial charge in [-0.25, -0.2) is 17.5 Å². The summed E-state index contributed by atoms with van der Waals surface area (Å²) in [4.78, 5) is -0.0731. The van der Waals surface area contributed by atoms with E-state index in [0.717, 1.165) is 18.9 Å². The highest BCUT2D eigenvalue weighted by Crippen LogP contribution is 2.16. The maximum atomic E-state index is 13.1. The van der Waals surface area contributed by atoms with E-state index in [1.165, 1.54) is 12.1 Å². The van der Waals surface area contributed by atoms with Gasteiger partial charge < -0.3 is 5.73 Å². The van der Waals surface area contributed by atoms with Crippen molar-refractivity contribution in [3.63, 3.8) is 0 Å². The highest BCUT2D eigenvalue weighted by atomic mass is 32.2. The Balaban J connectivity index is 3.00. The third-order valence-electron chi connectivity index (χ3n) is 2.36. The molecule has 0 aliphatic heterocycles. The smallest absolute Gasteiger partial charge is 0.240 e. The van der Waals surface area contributed by atoms with Crippen molar-refractivity contribution in [2.45, 2.75) is 31.2 Å². The number of hydrogen-bond donors (Lipinski definition) is 2. The van der Waals surface area contributed by atoms with E-state index in [9.17, 15) is 12.8 Å². The van der Waals surface area contributed by atoms with Gasteiger partial charge in [0.2, 0.25) is 10.0 Å². The zero-order chi connectivity index (χ0) is 12.9. The number of sulfonamides is 1. The standard InChI is InChI=1S/C11H17FN2O2S/c1-2-3-6-14-17(15,16)11-7-10(12)5-4-9(11)8-13/h4-5,7,14H,2-3,6,8,13H2,1H3. The Bertz CT molecular complexity index is 474. The molecule has 0 spiro atoms. The minimum absolute atomic E-state index is 0.0598. The number of halogens is 1. The van der Waals surface area contributed by atoms with Crippen molar-refractivity contribution in [2.75, 3.05) is 6.54 Å². The molecule has 1 aromatic rings. The largest absolute Gasteiger partial charge is 0.326 e. The summed E-state index contributed by atoms with van der Waals surface area (Å²) >= 11 is 0. The van der Waals surface area contributed by atoms with Crippen molar-refractivity contribution >= 4 is 10.0 Å². The van der Waals surface area contributed by atoms with Crippen LogP contribution >= 0.6 is 0 Å². The second-order valence-corrected chi connectivity index (χ2v) is 5.44. The van der Waals surface area contributed by atoms with E-state index in [0.29, 0.717) is 12.1 Å². The minimum atomic E-state index is -3.67. The number of benzene rings is 1. The molecule has 3 N–H and O–H groups in total. The summed E-state index contributed by atoms with van der Waals surface area (Å²) in [6, 6.07) is 3.59. The lowest BCUT2D eigenvalue weighted by Gasteiger charge is -2.10. The van der Waals surface area contributed by atoms with E-state index in [-0.39, 0.29) is 11.4 Å². The van der Waals surface area contributed by atoms with Gasteiger partial charge in [-0.2, -0.15) is 0 Å². The lowest BCUT2D eigenvalue weighted by Crippen LogP contribution is -2.26. The van der Waals surface area contributed by atoms with E-state index in [1.807, 2.05) is 6.92 Å². The molecule has 0 saturated carbocycles. The molecule has 0 atom stereocenters. The molecule has 6 heteroatoms. The van der Waals surface area contributed by atoms with Gasteiger partial charge in [-0.05, 0) is 24.1 Å². The Hall–Kier alpha value is -0.980. The molecule has 0 aliphatic carbocycles. The summed E-state index contributed by atoms with van der Waals surface area (Å²) in [7, 11) is -3.67. The van der Waals surface area contributed by atoms with Crippen LogP contribution < -0.4 is 10.5 Å². The van der Waals surface area contributed by atoms with Crippen LogP contribution in [0.15, 0.2) is 23.1 Å². The Morgan fingerprint density at radius 1 is 1.41 bits per heavy atom.